The quantitative estimate of drug-likeness (QED) is 0.515. The zero-order valence-electron chi connectivity index (χ0n) is 11.0. The second-order valence-electron chi connectivity index (χ2n) is 4.88. The number of para-hydroxylation sites is 2. The van der Waals surface area contributed by atoms with Gasteiger partial charge in [-0.1, -0.05) is 36.4 Å². The molecule has 0 spiro atoms. The van der Waals surface area contributed by atoms with Gasteiger partial charge in [-0.15, -0.1) is 11.3 Å². The molecule has 2 heterocycles. The molecule has 0 aliphatic heterocycles. The predicted molar refractivity (Wildman–Crippen MR) is 95.2 cm³/mol. The van der Waals surface area contributed by atoms with E-state index in [1.807, 2.05) is 12.1 Å². The van der Waals surface area contributed by atoms with E-state index in [9.17, 15) is 0 Å². The van der Waals surface area contributed by atoms with Crippen LogP contribution in [0.2, 0.25) is 0 Å². The number of nitrogens with two attached hydrogens (primary N) is 2. The van der Waals surface area contributed by atoms with E-state index in [2.05, 4.69) is 56.9 Å². The smallest absolute Gasteiger partial charge is 0.127 e. The molecule has 0 atom stereocenters. The average Bonchev–Trinajstić information content (AvgIpc) is 2.97. The molecule has 3 nitrogen and oxygen atoms in total. The first-order chi connectivity index (χ1) is 10.2. The van der Waals surface area contributed by atoms with Crippen molar-refractivity contribution in [3.05, 3.63) is 52.3 Å². The number of hydrogen-bond acceptors (Lipinski definition) is 3. The first kappa shape index (κ1) is 12.7. The van der Waals surface area contributed by atoms with Crippen molar-refractivity contribution in [1.82, 2.24) is 4.57 Å². The zero-order chi connectivity index (χ0) is 14.6. The van der Waals surface area contributed by atoms with Gasteiger partial charge in [-0.2, -0.15) is 0 Å². The maximum Gasteiger partial charge on any atom is 0.127 e. The van der Waals surface area contributed by atoms with E-state index < -0.39 is 0 Å². The molecule has 4 N–H and O–H groups in total. The van der Waals surface area contributed by atoms with Gasteiger partial charge >= 0.3 is 0 Å². The molecule has 0 saturated heterocycles. The van der Waals surface area contributed by atoms with Crippen molar-refractivity contribution in [2.75, 3.05) is 11.5 Å². The normalized spacial score (nSPS) is 11.5. The second kappa shape index (κ2) is 4.51. The molecule has 0 unspecified atom stereocenters. The van der Waals surface area contributed by atoms with E-state index in [1.54, 1.807) is 11.3 Å². The van der Waals surface area contributed by atoms with E-state index in [-0.39, 0.29) is 0 Å². The molecule has 2 aromatic carbocycles. The highest BCUT2D eigenvalue weighted by Crippen LogP contribution is 2.43. The van der Waals surface area contributed by atoms with Crippen LogP contribution in [0.5, 0.6) is 0 Å². The van der Waals surface area contributed by atoms with Crippen molar-refractivity contribution in [1.29, 1.82) is 0 Å². The molecule has 5 heteroatoms. The summed E-state index contributed by atoms with van der Waals surface area (Å²) in [5.74, 6) is 0. The lowest BCUT2D eigenvalue weighted by Gasteiger charge is -2.06. The number of rotatable bonds is 1. The second-order valence-corrected chi connectivity index (χ2v) is 7.19. The highest BCUT2D eigenvalue weighted by Gasteiger charge is 2.18. The lowest BCUT2D eigenvalue weighted by molar-refractivity contribution is 1.23. The highest BCUT2D eigenvalue weighted by molar-refractivity contribution is 9.11. The summed E-state index contributed by atoms with van der Waals surface area (Å²) >= 11 is 5.04. The maximum absolute atomic E-state index is 6.21. The van der Waals surface area contributed by atoms with Crippen molar-refractivity contribution >= 4 is 60.4 Å². The third-order valence-corrected chi connectivity index (χ3v) is 5.61. The number of hydrogen-bond donors (Lipinski definition) is 2. The largest absolute Gasteiger partial charge is 0.395 e. The monoisotopic (exact) mass is 357 g/mol. The Kier molecular flexibility index (Phi) is 2.74. The molecule has 0 aliphatic rings. The molecule has 0 bridgehead atoms. The topological polar surface area (TPSA) is 57.0 Å². The molecule has 0 amide bonds. The number of nitrogens with zero attached hydrogens (tertiary/aromatic N) is 1. The maximum atomic E-state index is 6.21. The number of benzene rings is 2. The van der Waals surface area contributed by atoms with Crippen molar-refractivity contribution in [2.24, 2.45) is 0 Å². The number of thiophene rings is 1. The fourth-order valence-corrected chi connectivity index (χ4v) is 4.29. The van der Waals surface area contributed by atoms with Gasteiger partial charge in [-0.25, -0.2) is 0 Å². The number of nitrogen functional groups attached to an aromatic ring is 2. The Morgan fingerprint density at radius 3 is 1.81 bits per heavy atom. The summed E-state index contributed by atoms with van der Waals surface area (Å²) in [4.78, 5) is 0. The Labute approximate surface area is 133 Å². The first-order valence-electron chi connectivity index (χ1n) is 6.50. The predicted octanol–water partition coefficient (Wildman–Crippen LogP) is 4.77. The molecule has 0 saturated carbocycles. The van der Waals surface area contributed by atoms with Gasteiger partial charge in [0, 0.05) is 10.8 Å². The van der Waals surface area contributed by atoms with Gasteiger partial charge in [-0.05, 0) is 28.1 Å². The minimum Gasteiger partial charge on any atom is -0.395 e. The molecule has 0 radical (unpaired) electrons. The summed E-state index contributed by atoms with van der Waals surface area (Å²) in [5, 5.41) is 3.39. The first-order valence-corrected chi connectivity index (χ1v) is 8.11. The number of fused-ring (bicyclic) bond motifs is 3. The van der Waals surface area contributed by atoms with E-state index in [1.165, 1.54) is 10.8 Å². The molecule has 104 valence electrons. The van der Waals surface area contributed by atoms with E-state index in [0.29, 0.717) is 11.4 Å². The Bertz CT molecular complexity index is 931. The SMILES string of the molecule is Nc1c(Br)sc(-n2c3ccccc3c3ccccc32)c1N. The third-order valence-electron chi connectivity index (χ3n) is 3.70. The van der Waals surface area contributed by atoms with E-state index in [4.69, 9.17) is 11.5 Å². The number of aromatic nitrogens is 1. The third kappa shape index (κ3) is 1.71. The zero-order valence-corrected chi connectivity index (χ0v) is 13.4. The molecule has 2 aromatic heterocycles. The van der Waals surface area contributed by atoms with Crippen molar-refractivity contribution in [3.8, 4) is 5.00 Å². The van der Waals surface area contributed by atoms with Crippen LogP contribution in [0.15, 0.2) is 52.3 Å². The number of anilines is 2. The molecule has 21 heavy (non-hydrogen) atoms. The van der Waals surface area contributed by atoms with Gasteiger partial charge in [0.1, 0.15) is 5.00 Å². The van der Waals surface area contributed by atoms with Crippen LogP contribution in [0.25, 0.3) is 26.8 Å². The van der Waals surface area contributed by atoms with Crippen LogP contribution in [-0.4, -0.2) is 4.57 Å². The van der Waals surface area contributed by atoms with Gasteiger partial charge in [0.15, 0.2) is 0 Å². The average molecular weight is 358 g/mol. The Hall–Kier alpha value is -1.98. The van der Waals surface area contributed by atoms with Crippen LogP contribution in [-0.2, 0) is 0 Å². The lowest BCUT2D eigenvalue weighted by atomic mass is 10.2. The molecule has 0 aliphatic carbocycles. The summed E-state index contributed by atoms with van der Waals surface area (Å²) in [6.07, 6.45) is 0. The molecular weight excluding hydrogens is 346 g/mol. The van der Waals surface area contributed by atoms with E-state index in [0.717, 1.165) is 19.8 Å². The van der Waals surface area contributed by atoms with E-state index >= 15 is 0 Å². The van der Waals surface area contributed by atoms with Gasteiger partial charge < -0.3 is 11.5 Å². The summed E-state index contributed by atoms with van der Waals surface area (Å²) in [6.45, 7) is 0. The Morgan fingerprint density at radius 1 is 0.810 bits per heavy atom. The molecule has 0 fully saturated rings. The van der Waals surface area contributed by atoms with Crippen LogP contribution < -0.4 is 11.5 Å². The van der Waals surface area contributed by atoms with Gasteiger partial charge in [0.2, 0.25) is 0 Å². The van der Waals surface area contributed by atoms with Crippen molar-refractivity contribution in [3.63, 3.8) is 0 Å². The van der Waals surface area contributed by atoms with Gasteiger partial charge in [0.05, 0.1) is 26.2 Å². The fraction of sp³-hybridized carbons (Fsp3) is 0. The minimum absolute atomic E-state index is 0.608. The van der Waals surface area contributed by atoms with Crippen molar-refractivity contribution < 1.29 is 0 Å². The summed E-state index contributed by atoms with van der Waals surface area (Å²) in [6, 6.07) is 16.7. The van der Waals surface area contributed by atoms with Crippen LogP contribution >= 0.6 is 27.3 Å². The van der Waals surface area contributed by atoms with Crippen LogP contribution in [0.4, 0.5) is 11.4 Å². The fourth-order valence-electron chi connectivity index (χ4n) is 2.72. The van der Waals surface area contributed by atoms with Gasteiger partial charge in [0.25, 0.3) is 0 Å². The molecule has 4 rings (SSSR count). The van der Waals surface area contributed by atoms with Crippen LogP contribution in [0.1, 0.15) is 0 Å². The standard InChI is InChI=1S/C16H12BrN3S/c17-15-13(18)14(19)16(21-15)20-11-7-3-1-5-9(11)10-6-2-4-8-12(10)20/h1-8H,18-19H2. The van der Waals surface area contributed by atoms with Crippen molar-refractivity contribution in [2.45, 2.75) is 0 Å². The lowest BCUT2D eigenvalue weighted by Crippen LogP contribution is -1.97. The summed E-state index contributed by atoms with van der Waals surface area (Å²) in [7, 11) is 0. The molecular formula is C16H12BrN3S. The Morgan fingerprint density at radius 2 is 1.33 bits per heavy atom. The number of halogens is 1. The summed E-state index contributed by atoms with van der Waals surface area (Å²) < 4.78 is 3.06. The van der Waals surface area contributed by atoms with Crippen LogP contribution in [0, 0.1) is 0 Å². The summed E-state index contributed by atoms with van der Waals surface area (Å²) in [5.41, 5.74) is 15.7. The molecule has 4 aromatic rings. The van der Waals surface area contributed by atoms with Crippen LogP contribution in [0.3, 0.4) is 0 Å². The Balaban J connectivity index is 2.22. The van der Waals surface area contributed by atoms with Gasteiger partial charge in [-0.3, -0.25) is 4.57 Å². The highest BCUT2D eigenvalue weighted by atomic mass is 79.9. The minimum atomic E-state index is 0.608.